The van der Waals surface area contributed by atoms with Crippen molar-refractivity contribution < 1.29 is 13.5 Å². The first-order valence-electron chi connectivity index (χ1n) is 6.61. The zero-order valence-electron chi connectivity index (χ0n) is 11.8. The van der Waals surface area contributed by atoms with E-state index in [-0.39, 0.29) is 5.75 Å². The van der Waals surface area contributed by atoms with Crippen molar-refractivity contribution >= 4 is 11.6 Å². The topological polar surface area (TPSA) is 21.3 Å². The summed E-state index contributed by atoms with van der Waals surface area (Å²) in [6, 6.07) is 9.21. The number of halogens is 3. The number of ether oxygens (including phenoxy) is 1. The van der Waals surface area contributed by atoms with Crippen molar-refractivity contribution in [2.45, 2.75) is 26.4 Å². The monoisotopic (exact) mass is 311 g/mol. The molecule has 0 aliphatic rings. The fourth-order valence-corrected chi connectivity index (χ4v) is 1.93. The number of hydrogen-bond acceptors (Lipinski definition) is 2. The smallest absolute Gasteiger partial charge is 0.201 e. The van der Waals surface area contributed by atoms with Crippen LogP contribution in [0.2, 0.25) is 5.02 Å². The zero-order chi connectivity index (χ0) is 15.4. The van der Waals surface area contributed by atoms with Crippen LogP contribution in [0.4, 0.5) is 8.78 Å². The van der Waals surface area contributed by atoms with Crippen molar-refractivity contribution in [3.8, 4) is 11.5 Å². The maximum absolute atomic E-state index is 13.7. The van der Waals surface area contributed by atoms with Gasteiger partial charge in [0.25, 0.3) is 0 Å². The van der Waals surface area contributed by atoms with E-state index in [1.54, 1.807) is 18.2 Å². The maximum Gasteiger partial charge on any atom is 0.201 e. The molecule has 0 spiro atoms. The summed E-state index contributed by atoms with van der Waals surface area (Å²) in [6.07, 6.45) is 0. The first-order valence-corrected chi connectivity index (χ1v) is 6.99. The minimum absolute atomic E-state index is 0.164. The van der Waals surface area contributed by atoms with E-state index in [9.17, 15) is 8.78 Å². The standard InChI is InChI=1S/C16H16ClF2NO/c1-10(2)20-9-11-6-7-12(17)8-15(11)21-14-5-3-4-13(18)16(14)19/h3-8,10,20H,9H2,1-2H3. The Morgan fingerprint density at radius 2 is 1.90 bits per heavy atom. The van der Waals surface area contributed by atoms with Gasteiger partial charge in [0, 0.05) is 23.2 Å². The van der Waals surface area contributed by atoms with E-state index >= 15 is 0 Å². The number of hydrogen-bond donors (Lipinski definition) is 1. The fourth-order valence-electron chi connectivity index (χ4n) is 1.76. The molecule has 0 amide bonds. The molecule has 0 saturated heterocycles. The minimum atomic E-state index is -1.01. The second-order valence-electron chi connectivity index (χ2n) is 4.94. The third-order valence-electron chi connectivity index (χ3n) is 2.87. The SMILES string of the molecule is CC(C)NCc1ccc(Cl)cc1Oc1cccc(F)c1F. The average Bonchev–Trinajstić information content (AvgIpc) is 2.43. The van der Waals surface area contributed by atoms with Gasteiger partial charge in [-0.15, -0.1) is 0 Å². The van der Waals surface area contributed by atoms with E-state index in [2.05, 4.69) is 5.32 Å². The second kappa shape index (κ2) is 6.87. The molecule has 0 aliphatic heterocycles. The van der Waals surface area contributed by atoms with Gasteiger partial charge in [0.15, 0.2) is 11.6 Å². The Balaban J connectivity index is 2.29. The summed E-state index contributed by atoms with van der Waals surface area (Å²) in [6.45, 7) is 4.58. The van der Waals surface area contributed by atoms with E-state index in [0.29, 0.717) is 23.4 Å². The molecule has 0 aliphatic carbocycles. The molecule has 0 radical (unpaired) electrons. The average molecular weight is 312 g/mol. The number of benzene rings is 2. The van der Waals surface area contributed by atoms with Gasteiger partial charge < -0.3 is 10.1 Å². The van der Waals surface area contributed by atoms with Gasteiger partial charge in [-0.2, -0.15) is 4.39 Å². The zero-order valence-corrected chi connectivity index (χ0v) is 12.5. The van der Waals surface area contributed by atoms with E-state index in [0.717, 1.165) is 11.6 Å². The maximum atomic E-state index is 13.7. The van der Waals surface area contributed by atoms with Gasteiger partial charge in [-0.05, 0) is 24.3 Å². The summed E-state index contributed by atoms with van der Waals surface area (Å²) < 4.78 is 32.4. The predicted molar refractivity (Wildman–Crippen MR) is 79.9 cm³/mol. The molecule has 0 bridgehead atoms. The number of nitrogens with one attached hydrogen (secondary N) is 1. The lowest BCUT2D eigenvalue weighted by atomic mass is 10.2. The molecule has 2 nitrogen and oxygen atoms in total. The first-order chi connectivity index (χ1) is 9.97. The van der Waals surface area contributed by atoms with Gasteiger partial charge >= 0.3 is 0 Å². The van der Waals surface area contributed by atoms with E-state index in [1.807, 2.05) is 13.8 Å². The molecule has 0 saturated carbocycles. The van der Waals surface area contributed by atoms with Crippen molar-refractivity contribution in [2.75, 3.05) is 0 Å². The van der Waals surface area contributed by atoms with E-state index in [1.165, 1.54) is 12.1 Å². The molecule has 21 heavy (non-hydrogen) atoms. The highest BCUT2D eigenvalue weighted by Gasteiger charge is 2.12. The molecule has 5 heteroatoms. The van der Waals surface area contributed by atoms with Crippen molar-refractivity contribution in [2.24, 2.45) is 0 Å². The molecule has 0 fully saturated rings. The highest BCUT2D eigenvalue weighted by molar-refractivity contribution is 6.30. The summed E-state index contributed by atoms with van der Waals surface area (Å²) in [5, 5.41) is 3.71. The molecule has 0 aromatic heterocycles. The van der Waals surface area contributed by atoms with Crippen molar-refractivity contribution in [3.05, 3.63) is 58.6 Å². The molecule has 2 rings (SSSR count). The second-order valence-corrected chi connectivity index (χ2v) is 5.38. The van der Waals surface area contributed by atoms with Crippen molar-refractivity contribution in [1.82, 2.24) is 5.32 Å². The molecular formula is C16H16ClF2NO. The first kappa shape index (κ1) is 15.7. The normalized spacial score (nSPS) is 11.0. The Hall–Kier alpha value is -1.65. The van der Waals surface area contributed by atoms with Crippen molar-refractivity contribution in [3.63, 3.8) is 0 Å². The Morgan fingerprint density at radius 3 is 2.62 bits per heavy atom. The molecule has 0 heterocycles. The van der Waals surface area contributed by atoms with Crippen LogP contribution in [0.5, 0.6) is 11.5 Å². The third-order valence-corrected chi connectivity index (χ3v) is 3.10. The minimum Gasteiger partial charge on any atom is -0.454 e. The van der Waals surface area contributed by atoms with Crippen LogP contribution in [0.25, 0.3) is 0 Å². The van der Waals surface area contributed by atoms with Gasteiger partial charge in [-0.25, -0.2) is 4.39 Å². The van der Waals surface area contributed by atoms with Crippen molar-refractivity contribution in [1.29, 1.82) is 0 Å². The van der Waals surface area contributed by atoms with Crippen LogP contribution >= 0.6 is 11.6 Å². The Kier molecular flexibility index (Phi) is 5.15. The Morgan fingerprint density at radius 1 is 1.14 bits per heavy atom. The molecular weight excluding hydrogens is 296 g/mol. The summed E-state index contributed by atoms with van der Waals surface area (Å²) in [7, 11) is 0. The number of rotatable bonds is 5. The van der Waals surface area contributed by atoms with Gasteiger partial charge in [0.1, 0.15) is 5.75 Å². The Bertz CT molecular complexity index is 632. The molecule has 2 aromatic carbocycles. The van der Waals surface area contributed by atoms with Crippen LogP contribution in [-0.4, -0.2) is 6.04 Å². The lowest BCUT2D eigenvalue weighted by Crippen LogP contribution is -2.22. The summed E-state index contributed by atoms with van der Waals surface area (Å²) in [4.78, 5) is 0. The van der Waals surface area contributed by atoms with Crippen LogP contribution in [0.1, 0.15) is 19.4 Å². The molecule has 0 unspecified atom stereocenters. The van der Waals surface area contributed by atoms with Crippen LogP contribution in [0, 0.1) is 11.6 Å². The summed E-state index contributed by atoms with van der Waals surface area (Å²) in [5.41, 5.74) is 0.816. The quantitative estimate of drug-likeness (QED) is 0.847. The van der Waals surface area contributed by atoms with Gasteiger partial charge in [-0.1, -0.05) is 37.6 Å². The highest BCUT2D eigenvalue weighted by atomic mass is 35.5. The third kappa shape index (κ3) is 4.16. The Labute approximate surface area is 127 Å². The molecule has 1 N–H and O–H groups in total. The predicted octanol–water partition coefficient (Wildman–Crippen LogP) is 4.91. The summed E-state index contributed by atoms with van der Waals surface area (Å²) >= 11 is 5.95. The fraction of sp³-hybridized carbons (Fsp3) is 0.250. The lowest BCUT2D eigenvalue weighted by Gasteiger charge is -2.14. The van der Waals surface area contributed by atoms with Gasteiger partial charge in [0.05, 0.1) is 0 Å². The highest BCUT2D eigenvalue weighted by Crippen LogP contribution is 2.30. The molecule has 0 atom stereocenters. The lowest BCUT2D eigenvalue weighted by molar-refractivity contribution is 0.411. The van der Waals surface area contributed by atoms with Crippen LogP contribution in [-0.2, 0) is 6.54 Å². The summed E-state index contributed by atoms with van der Waals surface area (Å²) in [5.74, 6) is -1.72. The molecule has 2 aromatic rings. The van der Waals surface area contributed by atoms with E-state index in [4.69, 9.17) is 16.3 Å². The van der Waals surface area contributed by atoms with Gasteiger partial charge in [0.2, 0.25) is 5.82 Å². The van der Waals surface area contributed by atoms with Crippen LogP contribution in [0.3, 0.4) is 0 Å². The van der Waals surface area contributed by atoms with E-state index < -0.39 is 11.6 Å². The largest absolute Gasteiger partial charge is 0.454 e. The molecule has 112 valence electrons. The van der Waals surface area contributed by atoms with Crippen LogP contribution in [0.15, 0.2) is 36.4 Å². The van der Waals surface area contributed by atoms with Crippen LogP contribution < -0.4 is 10.1 Å². The van der Waals surface area contributed by atoms with Gasteiger partial charge in [-0.3, -0.25) is 0 Å².